The summed E-state index contributed by atoms with van der Waals surface area (Å²) in [5.41, 5.74) is 12.7. The number of rotatable bonds is 5. The summed E-state index contributed by atoms with van der Waals surface area (Å²) in [7, 11) is 4.24. The van der Waals surface area contributed by atoms with E-state index in [9.17, 15) is 0 Å². The molecule has 0 amide bonds. The number of aryl methyl sites for hydroxylation is 1. The number of anilines is 1. The molecule has 8 heteroatoms. The van der Waals surface area contributed by atoms with Crippen molar-refractivity contribution in [1.29, 1.82) is 0 Å². The Morgan fingerprint density at radius 2 is 1.89 bits per heavy atom. The molecule has 4 aromatic heterocycles. The monoisotopic (exact) mass is 464 g/mol. The van der Waals surface area contributed by atoms with Gasteiger partial charge in [-0.15, -0.1) is 0 Å². The van der Waals surface area contributed by atoms with Crippen LogP contribution in [0.3, 0.4) is 0 Å². The zero-order valence-corrected chi connectivity index (χ0v) is 20.2. The molecule has 1 aromatic carbocycles. The van der Waals surface area contributed by atoms with E-state index in [0.717, 1.165) is 69.5 Å². The topological polar surface area (TPSA) is 98.6 Å². The average Bonchev–Trinajstić information content (AvgIpc) is 3.21. The van der Waals surface area contributed by atoms with Crippen LogP contribution in [0, 0.1) is 12.8 Å². The maximum absolute atomic E-state index is 6.36. The normalized spacial score (nSPS) is 17.8. The van der Waals surface area contributed by atoms with Gasteiger partial charge in [0.2, 0.25) is 0 Å². The van der Waals surface area contributed by atoms with Gasteiger partial charge in [0, 0.05) is 23.7 Å². The molecule has 8 nitrogen and oxygen atoms in total. The minimum atomic E-state index is 0.321. The number of pyridine rings is 2. The highest BCUT2D eigenvalue weighted by Gasteiger charge is 2.33. The van der Waals surface area contributed by atoms with Crippen LogP contribution in [0.5, 0.6) is 0 Å². The van der Waals surface area contributed by atoms with E-state index >= 15 is 0 Å². The molecule has 1 aliphatic carbocycles. The molecule has 0 unspecified atom stereocenters. The quantitative estimate of drug-likeness (QED) is 0.409. The molecule has 0 saturated heterocycles. The first-order valence-corrected chi connectivity index (χ1v) is 11.9. The van der Waals surface area contributed by atoms with E-state index in [2.05, 4.69) is 69.8 Å². The Labute approximate surface area is 203 Å². The summed E-state index contributed by atoms with van der Waals surface area (Å²) in [6.07, 6.45) is 5.49. The van der Waals surface area contributed by atoms with Crippen LogP contribution in [0.2, 0.25) is 0 Å². The van der Waals surface area contributed by atoms with E-state index in [4.69, 9.17) is 15.8 Å². The molecule has 5 aromatic rings. The molecule has 176 valence electrons. The molecule has 0 spiro atoms. The van der Waals surface area contributed by atoms with Crippen molar-refractivity contribution in [3.05, 3.63) is 60.6 Å². The SMILES string of the molecule is Cc1cc(-c2ccccn2)nc2cc(-c3nn(C4CC(CN(C)C)C4)c4ncnc(N)c34)ccc12. The van der Waals surface area contributed by atoms with E-state index in [1.54, 1.807) is 6.20 Å². The Kier molecular flexibility index (Phi) is 5.18. The Morgan fingerprint density at radius 1 is 1.03 bits per heavy atom. The van der Waals surface area contributed by atoms with Gasteiger partial charge in [0.15, 0.2) is 5.65 Å². The highest BCUT2D eigenvalue weighted by atomic mass is 15.3. The Hall–Kier alpha value is -3.91. The van der Waals surface area contributed by atoms with Crippen LogP contribution in [-0.2, 0) is 0 Å². The minimum absolute atomic E-state index is 0.321. The van der Waals surface area contributed by atoms with E-state index in [1.807, 2.05) is 18.2 Å². The first-order valence-electron chi connectivity index (χ1n) is 11.9. The van der Waals surface area contributed by atoms with Crippen molar-refractivity contribution in [2.75, 3.05) is 26.4 Å². The van der Waals surface area contributed by atoms with Crippen molar-refractivity contribution >= 4 is 27.8 Å². The van der Waals surface area contributed by atoms with E-state index < -0.39 is 0 Å². The lowest BCUT2D eigenvalue weighted by atomic mass is 9.80. The first kappa shape index (κ1) is 21.6. The number of aromatic nitrogens is 6. The molecule has 0 radical (unpaired) electrons. The lowest BCUT2D eigenvalue weighted by Crippen LogP contribution is -2.34. The molecule has 4 heterocycles. The van der Waals surface area contributed by atoms with Crippen LogP contribution >= 0.6 is 0 Å². The van der Waals surface area contributed by atoms with Crippen molar-refractivity contribution in [1.82, 2.24) is 34.6 Å². The van der Waals surface area contributed by atoms with Crippen molar-refractivity contribution in [3.63, 3.8) is 0 Å². The lowest BCUT2D eigenvalue weighted by molar-refractivity contribution is 0.149. The summed E-state index contributed by atoms with van der Waals surface area (Å²) in [6.45, 7) is 3.20. The number of fused-ring (bicyclic) bond motifs is 2. The zero-order valence-electron chi connectivity index (χ0n) is 20.2. The van der Waals surface area contributed by atoms with Gasteiger partial charge in [0.05, 0.1) is 28.3 Å². The van der Waals surface area contributed by atoms with Crippen LogP contribution in [0.15, 0.2) is 55.0 Å². The van der Waals surface area contributed by atoms with Gasteiger partial charge in [0.25, 0.3) is 0 Å². The highest BCUT2D eigenvalue weighted by Crippen LogP contribution is 2.41. The molecule has 1 saturated carbocycles. The molecular weight excluding hydrogens is 436 g/mol. The number of benzene rings is 1. The van der Waals surface area contributed by atoms with Crippen LogP contribution < -0.4 is 5.73 Å². The third-order valence-electron chi connectivity index (χ3n) is 6.92. The van der Waals surface area contributed by atoms with Crippen molar-refractivity contribution in [2.24, 2.45) is 5.92 Å². The van der Waals surface area contributed by atoms with Gasteiger partial charge in [-0.25, -0.2) is 19.6 Å². The maximum Gasteiger partial charge on any atom is 0.164 e. The Balaban J connectivity index is 1.45. The van der Waals surface area contributed by atoms with Crippen LogP contribution in [-0.4, -0.2) is 55.3 Å². The maximum atomic E-state index is 6.36. The number of nitrogen functional groups attached to an aromatic ring is 1. The third kappa shape index (κ3) is 3.80. The standard InChI is InChI=1S/C27H28N8/c1-16-10-23(21-6-4-5-9-29-21)32-22-13-18(7-8-20(16)22)25-24-26(28)30-15-31-27(24)35(33-25)19-11-17(12-19)14-34(2)3/h4-10,13,15,17,19H,11-12,14H2,1-3H3,(H2,28,30,31). The summed E-state index contributed by atoms with van der Waals surface area (Å²) in [6, 6.07) is 14.6. The van der Waals surface area contributed by atoms with Gasteiger partial charge >= 0.3 is 0 Å². The summed E-state index contributed by atoms with van der Waals surface area (Å²) >= 11 is 0. The summed E-state index contributed by atoms with van der Waals surface area (Å²) < 4.78 is 2.06. The fourth-order valence-electron chi connectivity index (χ4n) is 5.21. The van der Waals surface area contributed by atoms with Gasteiger partial charge < -0.3 is 10.6 Å². The van der Waals surface area contributed by atoms with E-state index in [-0.39, 0.29) is 0 Å². The number of nitrogens with zero attached hydrogens (tertiary/aromatic N) is 7. The summed E-state index contributed by atoms with van der Waals surface area (Å²) in [5, 5.41) is 6.96. The second-order valence-corrected chi connectivity index (χ2v) is 9.78. The predicted octanol–water partition coefficient (Wildman–Crippen LogP) is 4.51. The fraction of sp³-hybridized carbons (Fsp3) is 0.296. The largest absolute Gasteiger partial charge is 0.383 e. The molecule has 35 heavy (non-hydrogen) atoms. The van der Waals surface area contributed by atoms with Crippen molar-refractivity contribution in [3.8, 4) is 22.6 Å². The van der Waals surface area contributed by atoms with Crippen LogP contribution in [0.1, 0.15) is 24.4 Å². The Morgan fingerprint density at radius 3 is 2.66 bits per heavy atom. The minimum Gasteiger partial charge on any atom is -0.383 e. The summed E-state index contributed by atoms with van der Waals surface area (Å²) in [4.78, 5) is 20.5. The zero-order chi connectivity index (χ0) is 24.1. The fourth-order valence-corrected chi connectivity index (χ4v) is 5.21. The third-order valence-corrected chi connectivity index (χ3v) is 6.92. The molecule has 1 fully saturated rings. The van der Waals surface area contributed by atoms with E-state index in [1.165, 1.54) is 6.33 Å². The van der Waals surface area contributed by atoms with Crippen LogP contribution in [0.25, 0.3) is 44.6 Å². The molecule has 2 N–H and O–H groups in total. The molecular formula is C27H28N8. The second-order valence-electron chi connectivity index (χ2n) is 9.78. The average molecular weight is 465 g/mol. The van der Waals surface area contributed by atoms with E-state index in [0.29, 0.717) is 17.8 Å². The number of hydrogen-bond donors (Lipinski definition) is 1. The first-order chi connectivity index (χ1) is 17.0. The highest BCUT2D eigenvalue weighted by molar-refractivity contribution is 6.00. The number of nitrogens with two attached hydrogens (primary N) is 1. The predicted molar refractivity (Wildman–Crippen MR) is 139 cm³/mol. The van der Waals surface area contributed by atoms with Gasteiger partial charge in [-0.1, -0.05) is 18.2 Å². The molecule has 0 atom stereocenters. The van der Waals surface area contributed by atoms with Gasteiger partial charge in [-0.05, 0) is 69.6 Å². The van der Waals surface area contributed by atoms with Crippen molar-refractivity contribution in [2.45, 2.75) is 25.8 Å². The van der Waals surface area contributed by atoms with Crippen LogP contribution in [0.4, 0.5) is 5.82 Å². The molecule has 0 aliphatic heterocycles. The van der Waals surface area contributed by atoms with Gasteiger partial charge in [-0.3, -0.25) is 4.98 Å². The molecule has 6 rings (SSSR count). The van der Waals surface area contributed by atoms with Crippen molar-refractivity contribution < 1.29 is 0 Å². The Bertz CT molecular complexity index is 1530. The van der Waals surface area contributed by atoms with Gasteiger partial charge in [0.1, 0.15) is 17.8 Å². The molecule has 1 aliphatic rings. The number of hydrogen-bond acceptors (Lipinski definition) is 7. The summed E-state index contributed by atoms with van der Waals surface area (Å²) in [5.74, 6) is 1.13. The molecule has 0 bridgehead atoms. The van der Waals surface area contributed by atoms with Gasteiger partial charge in [-0.2, -0.15) is 5.10 Å². The lowest BCUT2D eigenvalue weighted by Gasteiger charge is -2.37. The smallest absolute Gasteiger partial charge is 0.164 e. The second kappa shape index (κ2) is 8.39.